The third kappa shape index (κ3) is 3.19. The van der Waals surface area contributed by atoms with Crippen molar-refractivity contribution in [2.75, 3.05) is 0 Å². The summed E-state index contributed by atoms with van der Waals surface area (Å²) < 4.78 is 1.95. The molecule has 4 heterocycles. The number of rotatable bonds is 4. The summed E-state index contributed by atoms with van der Waals surface area (Å²) in [6.45, 7) is 6.81. The van der Waals surface area contributed by atoms with Crippen LogP contribution in [0.3, 0.4) is 0 Å². The summed E-state index contributed by atoms with van der Waals surface area (Å²) >= 11 is 0. The third-order valence-corrected chi connectivity index (χ3v) is 4.61. The zero-order valence-corrected chi connectivity index (χ0v) is 15.7. The van der Waals surface area contributed by atoms with Crippen LogP contribution in [0, 0.1) is 0 Å². The van der Waals surface area contributed by atoms with E-state index in [0.29, 0.717) is 0 Å². The van der Waals surface area contributed by atoms with Gasteiger partial charge in [-0.05, 0) is 62.7 Å². The molecular formula is C21H22N6. The number of fused-ring (bicyclic) bond motifs is 1. The van der Waals surface area contributed by atoms with Crippen molar-refractivity contribution in [1.29, 1.82) is 0 Å². The normalized spacial score (nSPS) is 11.9. The highest BCUT2D eigenvalue weighted by Crippen LogP contribution is 2.27. The van der Waals surface area contributed by atoms with Crippen LogP contribution in [-0.2, 0) is 12.1 Å². The maximum Gasteiger partial charge on any atom is 0.137 e. The summed E-state index contributed by atoms with van der Waals surface area (Å²) in [6.07, 6.45) is 5.39. The molecule has 0 aliphatic rings. The Balaban J connectivity index is 1.74. The SMILES string of the molecule is CCn1nc(-c2ccc(-c3cc(C(C)(C)N)ccn3)cn2)c2ncccc21. The lowest BCUT2D eigenvalue weighted by atomic mass is 9.95. The van der Waals surface area contributed by atoms with E-state index in [2.05, 4.69) is 27.0 Å². The van der Waals surface area contributed by atoms with Gasteiger partial charge < -0.3 is 5.73 Å². The molecule has 0 bridgehead atoms. The summed E-state index contributed by atoms with van der Waals surface area (Å²) in [5.41, 5.74) is 12.1. The maximum atomic E-state index is 6.21. The van der Waals surface area contributed by atoms with Crippen LogP contribution >= 0.6 is 0 Å². The van der Waals surface area contributed by atoms with Crippen LogP contribution in [0.2, 0.25) is 0 Å². The topological polar surface area (TPSA) is 82.5 Å². The van der Waals surface area contributed by atoms with Crippen LogP contribution in [0.4, 0.5) is 0 Å². The Morgan fingerprint density at radius 1 is 1.00 bits per heavy atom. The Kier molecular flexibility index (Phi) is 4.20. The summed E-state index contributed by atoms with van der Waals surface area (Å²) in [5.74, 6) is 0. The second-order valence-corrected chi connectivity index (χ2v) is 7.12. The van der Waals surface area contributed by atoms with Gasteiger partial charge in [-0.1, -0.05) is 0 Å². The molecule has 0 saturated carbocycles. The summed E-state index contributed by atoms with van der Waals surface area (Å²) in [7, 11) is 0. The van der Waals surface area contributed by atoms with E-state index in [1.165, 1.54) is 0 Å². The second kappa shape index (κ2) is 6.55. The predicted octanol–water partition coefficient (Wildman–Crippen LogP) is 3.77. The number of nitrogens with zero attached hydrogens (tertiary/aromatic N) is 5. The molecule has 4 rings (SSSR count). The van der Waals surface area contributed by atoms with Crippen molar-refractivity contribution in [3.63, 3.8) is 0 Å². The van der Waals surface area contributed by atoms with Crippen LogP contribution in [0.25, 0.3) is 33.7 Å². The van der Waals surface area contributed by atoms with Gasteiger partial charge in [0.2, 0.25) is 0 Å². The van der Waals surface area contributed by atoms with E-state index < -0.39 is 5.54 Å². The van der Waals surface area contributed by atoms with Crippen molar-refractivity contribution in [2.24, 2.45) is 5.73 Å². The van der Waals surface area contributed by atoms with Crippen LogP contribution in [0.1, 0.15) is 26.3 Å². The molecule has 0 aliphatic carbocycles. The minimum Gasteiger partial charge on any atom is -0.322 e. The molecular weight excluding hydrogens is 336 g/mol. The van der Waals surface area contributed by atoms with Crippen molar-refractivity contribution < 1.29 is 0 Å². The molecule has 0 saturated heterocycles. The zero-order chi connectivity index (χ0) is 19.0. The lowest BCUT2D eigenvalue weighted by Crippen LogP contribution is -2.28. The Morgan fingerprint density at radius 2 is 1.85 bits per heavy atom. The Bertz CT molecular complexity index is 1090. The van der Waals surface area contributed by atoms with Crippen molar-refractivity contribution in [3.05, 3.63) is 60.6 Å². The highest BCUT2D eigenvalue weighted by atomic mass is 15.3. The summed E-state index contributed by atoms with van der Waals surface area (Å²) in [6, 6.07) is 11.9. The van der Waals surface area contributed by atoms with Crippen molar-refractivity contribution in [2.45, 2.75) is 32.9 Å². The standard InChI is InChI=1S/C21H22N6/c1-4-27-18-6-5-10-24-20(18)19(26-27)16-8-7-14(13-25-16)17-12-15(9-11-23-17)21(2,3)22/h5-13H,4,22H2,1-3H3. The van der Waals surface area contributed by atoms with Gasteiger partial charge in [-0.15, -0.1) is 0 Å². The van der Waals surface area contributed by atoms with E-state index in [1.807, 2.05) is 61.1 Å². The minimum absolute atomic E-state index is 0.414. The van der Waals surface area contributed by atoms with E-state index in [-0.39, 0.29) is 0 Å². The predicted molar refractivity (Wildman–Crippen MR) is 107 cm³/mol. The molecule has 6 nitrogen and oxygen atoms in total. The highest BCUT2D eigenvalue weighted by molar-refractivity contribution is 5.88. The summed E-state index contributed by atoms with van der Waals surface area (Å²) in [4.78, 5) is 13.6. The fourth-order valence-corrected chi connectivity index (χ4v) is 3.10. The highest BCUT2D eigenvalue weighted by Gasteiger charge is 2.16. The molecule has 0 aliphatic heterocycles. The zero-order valence-electron chi connectivity index (χ0n) is 15.7. The van der Waals surface area contributed by atoms with Gasteiger partial charge in [0.25, 0.3) is 0 Å². The Morgan fingerprint density at radius 3 is 2.56 bits per heavy atom. The van der Waals surface area contributed by atoms with Gasteiger partial charge in [0, 0.05) is 36.2 Å². The van der Waals surface area contributed by atoms with Gasteiger partial charge in [-0.25, -0.2) is 0 Å². The van der Waals surface area contributed by atoms with Gasteiger partial charge in [0.15, 0.2) is 0 Å². The number of aromatic nitrogens is 5. The van der Waals surface area contributed by atoms with Gasteiger partial charge in [-0.3, -0.25) is 19.6 Å². The van der Waals surface area contributed by atoms with Crippen LogP contribution in [-0.4, -0.2) is 24.7 Å². The smallest absolute Gasteiger partial charge is 0.137 e. The Hall–Kier alpha value is -3.12. The molecule has 4 aromatic rings. The quantitative estimate of drug-likeness (QED) is 0.600. The first-order valence-electron chi connectivity index (χ1n) is 9.01. The minimum atomic E-state index is -0.414. The molecule has 136 valence electrons. The molecule has 6 heteroatoms. The molecule has 2 N–H and O–H groups in total. The number of nitrogens with two attached hydrogens (primary N) is 1. The molecule has 27 heavy (non-hydrogen) atoms. The van der Waals surface area contributed by atoms with Gasteiger partial charge in [-0.2, -0.15) is 5.10 Å². The van der Waals surface area contributed by atoms with Crippen LogP contribution in [0.5, 0.6) is 0 Å². The molecule has 0 radical (unpaired) electrons. The maximum absolute atomic E-state index is 6.21. The number of hydrogen-bond acceptors (Lipinski definition) is 5. The number of pyridine rings is 3. The van der Waals surface area contributed by atoms with Gasteiger partial charge in [0.05, 0.1) is 16.9 Å². The monoisotopic (exact) mass is 358 g/mol. The molecule has 4 aromatic heterocycles. The van der Waals surface area contributed by atoms with Crippen molar-refractivity contribution in [3.8, 4) is 22.6 Å². The Labute approximate surface area is 158 Å². The number of hydrogen-bond donors (Lipinski definition) is 1. The third-order valence-electron chi connectivity index (χ3n) is 4.61. The first-order valence-corrected chi connectivity index (χ1v) is 9.01. The summed E-state index contributed by atoms with van der Waals surface area (Å²) in [5, 5.41) is 4.69. The first kappa shape index (κ1) is 17.3. The van der Waals surface area contributed by atoms with Gasteiger partial charge >= 0.3 is 0 Å². The van der Waals surface area contributed by atoms with E-state index in [4.69, 9.17) is 5.73 Å². The number of aryl methyl sites for hydroxylation is 1. The molecule has 0 atom stereocenters. The van der Waals surface area contributed by atoms with Crippen molar-refractivity contribution >= 4 is 11.0 Å². The molecule has 0 amide bonds. The largest absolute Gasteiger partial charge is 0.322 e. The first-order chi connectivity index (χ1) is 13.0. The average molecular weight is 358 g/mol. The molecule has 0 aromatic carbocycles. The van der Waals surface area contributed by atoms with E-state index in [1.54, 1.807) is 12.4 Å². The average Bonchev–Trinajstić information content (AvgIpc) is 3.06. The van der Waals surface area contributed by atoms with Crippen LogP contribution in [0.15, 0.2) is 55.0 Å². The molecule has 0 unspecified atom stereocenters. The van der Waals surface area contributed by atoms with Crippen LogP contribution < -0.4 is 5.73 Å². The second-order valence-electron chi connectivity index (χ2n) is 7.12. The molecule has 0 spiro atoms. The van der Waals surface area contributed by atoms with E-state index in [0.717, 1.165) is 45.8 Å². The van der Waals surface area contributed by atoms with Gasteiger partial charge in [0.1, 0.15) is 11.2 Å². The van der Waals surface area contributed by atoms with E-state index in [9.17, 15) is 0 Å². The fraction of sp³-hybridized carbons (Fsp3) is 0.238. The van der Waals surface area contributed by atoms with Crippen molar-refractivity contribution in [1.82, 2.24) is 24.7 Å². The molecule has 0 fully saturated rings. The fourth-order valence-electron chi connectivity index (χ4n) is 3.10. The lowest BCUT2D eigenvalue weighted by molar-refractivity contribution is 0.554. The van der Waals surface area contributed by atoms with E-state index >= 15 is 0 Å². The lowest BCUT2D eigenvalue weighted by Gasteiger charge is -2.19.